The standard InChI is InChI=1S/C25H37NO3/c1-3-4-5-6-7-8-9-10-11-12-20-28-23-15-17-24(18-16-23)29-21-22-14-13-19-26(2)25(22)27/h13-19H,3-12,20-21H2,1-2H3. The van der Waals surface area contributed by atoms with Crippen LogP contribution in [0.25, 0.3) is 0 Å². The van der Waals surface area contributed by atoms with E-state index in [1.807, 2.05) is 30.3 Å². The molecule has 1 heterocycles. The van der Waals surface area contributed by atoms with Gasteiger partial charge in [0, 0.05) is 13.2 Å². The van der Waals surface area contributed by atoms with Crippen molar-refractivity contribution >= 4 is 0 Å². The maximum absolute atomic E-state index is 12.0. The summed E-state index contributed by atoms with van der Waals surface area (Å²) in [6.07, 6.45) is 15.0. The van der Waals surface area contributed by atoms with Crippen LogP contribution in [-0.2, 0) is 13.7 Å². The molecule has 160 valence electrons. The first-order valence-electron chi connectivity index (χ1n) is 11.2. The molecular formula is C25H37NO3. The summed E-state index contributed by atoms with van der Waals surface area (Å²) >= 11 is 0. The summed E-state index contributed by atoms with van der Waals surface area (Å²) in [5.41, 5.74) is 0.625. The van der Waals surface area contributed by atoms with Gasteiger partial charge in [0.15, 0.2) is 0 Å². The van der Waals surface area contributed by atoms with E-state index >= 15 is 0 Å². The second kappa shape index (κ2) is 13.9. The van der Waals surface area contributed by atoms with Gasteiger partial charge in [-0.3, -0.25) is 4.79 Å². The molecule has 0 bridgehead atoms. The zero-order chi connectivity index (χ0) is 20.7. The van der Waals surface area contributed by atoms with Crippen LogP contribution in [0.1, 0.15) is 76.7 Å². The normalized spacial score (nSPS) is 10.8. The van der Waals surface area contributed by atoms with Crippen molar-refractivity contribution in [3.05, 3.63) is 58.5 Å². The van der Waals surface area contributed by atoms with Crippen molar-refractivity contribution in [2.24, 2.45) is 7.05 Å². The van der Waals surface area contributed by atoms with Crippen molar-refractivity contribution in [2.75, 3.05) is 6.61 Å². The van der Waals surface area contributed by atoms with Crippen LogP contribution >= 0.6 is 0 Å². The highest BCUT2D eigenvalue weighted by atomic mass is 16.5. The highest BCUT2D eigenvalue weighted by Crippen LogP contribution is 2.19. The molecule has 0 saturated heterocycles. The molecule has 0 aliphatic rings. The number of unbranched alkanes of at least 4 members (excludes halogenated alkanes) is 9. The molecule has 4 nitrogen and oxygen atoms in total. The molecular weight excluding hydrogens is 362 g/mol. The summed E-state index contributed by atoms with van der Waals surface area (Å²) in [5.74, 6) is 1.60. The number of benzene rings is 1. The van der Waals surface area contributed by atoms with Crippen molar-refractivity contribution in [1.82, 2.24) is 4.57 Å². The van der Waals surface area contributed by atoms with Crippen molar-refractivity contribution in [1.29, 1.82) is 0 Å². The largest absolute Gasteiger partial charge is 0.494 e. The van der Waals surface area contributed by atoms with Crippen molar-refractivity contribution in [2.45, 2.75) is 77.7 Å². The van der Waals surface area contributed by atoms with Gasteiger partial charge in [0.25, 0.3) is 5.56 Å². The summed E-state index contributed by atoms with van der Waals surface area (Å²) in [6, 6.07) is 11.3. The SMILES string of the molecule is CCCCCCCCCCCCOc1ccc(OCc2cccn(C)c2=O)cc1. The van der Waals surface area contributed by atoms with Crippen LogP contribution in [-0.4, -0.2) is 11.2 Å². The van der Waals surface area contributed by atoms with E-state index in [0.29, 0.717) is 5.56 Å². The lowest BCUT2D eigenvalue weighted by Crippen LogP contribution is -2.21. The van der Waals surface area contributed by atoms with Gasteiger partial charge in [0.2, 0.25) is 0 Å². The van der Waals surface area contributed by atoms with Gasteiger partial charge >= 0.3 is 0 Å². The third-order valence-corrected chi connectivity index (χ3v) is 5.19. The van der Waals surface area contributed by atoms with E-state index in [2.05, 4.69) is 6.92 Å². The van der Waals surface area contributed by atoms with E-state index in [9.17, 15) is 4.79 Å². The first-order chi connectivity index (χ1) is 14.2. The Morgan fingerprint density at radius 3 is 1.93 bits per heavy atom. The Hall–Kier alpha value is -2.23. The fourth-order valence-electron chi connectivity index (χ4n) is 3.34. The van der Waals surface area contributed by atoms with Crippen molar-refractivity contribution < 1.29 is 9.47 Å². The van der Waals surface area contributed by atoms with Crippen LogP contribution < -0.4 is 15.0 Å². The molecule has 0 radical (unpaired) electrons. The van der Waals surface area contributed by atoms with Gasteiger partial charge in [-0.1, -0.05) is 64.7 Å². The highest BCUT2D eigenvalue weighted by Gasteiger charge is 2.03. The van der Waals surface area contributed by atoms with Gasteiger partial charge in [-0.25, -0.2) is 0 Å². The van der Waals surface area contributed by atoms with E-state index < -0.39 is 0 Å². The topological polar surface area (TPSA) is 40.5 Å². The summed E-state index contributed by atoms with van der Waals surface area (Å²) < 4.78 is 13.1. The summed E-state index contributed by atoms with van der Waals surface area (Å²) in [7, 11) is 1.74. The van der Waals surface area contributed by atoms with E-state index in [4.69, 9.17) is 9.47 Å². The lowest BCUT2D eigenvalue weighted by atomic mass is 10.1. The third-order valence-electron chi connectivity index (χ3n) is 5.19. The maximum atomic E-state index is 12.0. The van der Waals surface area contributed by atoms with E-state index in [-0.39, 0.29) is 12.2 Å². The molecule has 2 rings (SSSR count). The Labute approximate surface area is 175 Å². The highest BCUT2D eigenvalue weighted by molar-refractivity contribution is 5.31. The fraction of sp³-hybridized carbons (Fsp3) is 0.560. The molecule has 29 heavy (non-hydrogen) atoms. The molecule has 2 aromatic rings. The molecule has 0 amide bonds. The Morgan fingerprint density at radius 1 is 0.759 bits per heavy atom. The third kappa shape index (κ3) is 9.21. The van der Waals surface area contributed by atoms with E-state index in [1.165, 1.54) is 57.8 Å². The predicted octanol–water partition coefficient (Wildman–Crippen LogP) is 6.26. The summed E-state index contributed by atoms with van der Waals surface area (Å²) in [4.78, 5) is 12.0. The summed E-state index contributed by atoms with van der Waals surface area (Å²) in [6.45, 7) is 3.30. The Balaban J connectivity index is 1.55. The molecule has 0 N–H and O–H groups in total. The van der Waals surface area contributed by atoms with Gasteiger partial charge < -0.3 is 14.0 Å². The Kier molecular flexibility index (Phi) is 11.0. The molecule has 0 fully saturated rings. The lowest BCUT2D eigenvalue weighted by molar-refractivity contribution is 0.295. The quantitative estimate of drug-likeness (QED) is 0.332. The van der Waals surface area contributed by atoms with Crippen LogP contribution in [0.5, 0.6) is 11.5 Å². The van der Waals surface area contributed by atoms with E-state index in [0.717, 1.165) is 24.5 Å². The lowest BCUT2D eigenvalue weighted by Gasteiger charge is -2.09. The monoisotopic (exact) mass is 399 g/mol. The molecule has 4 heteroatoms. The smallest absolute Gasteiger partial charge is 0.256 e. The minimum absolute atomic E-state index is 0.0241. The van der Waals surface area contributed by atoms with Gasteiger partial charge in [0.05, 0.1) is 12.2 Å². The summed E-state index contributed by atoms with van der Waals surface area (Å²) in [5, 5.41) is 0. The van der Waals surface area contributed by atoms with Gasteiger partial charge in [-0.05, 0) is 42.8 Å². The number of rotatable bonds is 15. The first kappa shape index (κ1) is 23.1. The second-order valence-electron chi connectivity index (χ2n) is 7.74. The van der Waals surface area contributed by atoms with Crippen LogP contribution in [0, 0.1) is 0 Å². The van der Waals surface area contributed by atoms with Crippen LogP contribution in [0.15, 0.2) is 47.4 Å². The molecule has 0 spiro atoms. The fourth-order valence-corrected chi connectivity index (χ4v) is 3.34. The molecule has 0 aliphatic carbocycles. The number of hydrogen-bond acceptors (Lipinski definition) is 3. The average Bonchev–Trinajstić information content (AvgIpc) is 2.74. The number of pyridine rings is 1. The molecule has 0 unspecified atom stereocenters. The van der Waals surface area contributed by atoms with Crippen LogP contribution in [0.4, 0.5) is 0 Å². The van der Waals surface area contributed by atoms with Gasteiger partial charge in [-0.15, -0.1) is 0 Å². The van der Waals surface area contributed by atoms with E-state index in [1.54, 1.807) is 23.9 Å². The first-order valence-corrected chi connectivity index (χ1v) is 11.2. The Morgan fingerprint density at radius 2 is 1.31 bits per heavy atom. The Bertz CT molecular complexity index is 736. The number of ether oxygens (including phenoxy) is 2. The number of nitrogens with zero attached hydrogens (tertiary/aromatic N) is 1. The minimum Gasteiger partial charge on any atom is -0.494 e. The van der Waals surface area contributed by atoms with Crippen molar-refractivity contribution in [3.8, 4) is 11.5 Å². The number of aromatic nitrogens is 1. The van der Waals surface area contributed by atoms with Crippen LogP contribution in [0.3, 0.4) is 0 Å². The second-order valence-corrected chi connectivity index (χ2v) is 7.74. The maximum Gasteiger partial charge on any atom is 0.256 e. The van der Waals surface area contributed by atoms with Crippen molar-refractivity contribution in [3.63, 3.8) is 0 Å². The molecule has 1 aromatic carbocycles. The number of aryl methyl sites for hydroxylation is 1. The van der Waals surface area contributed by atoms with Crippen LogP contribution in [0.2, 0.25) is 0 Å². The predicted molar refractivity (Wildman–Crippen MR) is 120 cm³/mol. The number of hydrogen-bond donors (Lipinski definition) is 0. The zero-order valence-corrected chi connectivity index (χ0v) is 18.2. The molecule has 1 aromatic heterocycles. The zero-order valence-electron chi connectivity index (χ0n) is 18.2. The molecule has 0 aliphatic heterocycles. The average molecular weight is 400 g/mol. The molecule has 0 saturated carbocycles. The minimum atomic E-state index is -0.0241. The van der Waals surface area contributed by atoms with Gasteiger partial charge in [0.1, 0.15) is 18.1 Å². The van der Waals surface area contributed by atoms with Gasteiger partial charge in [-0.2, -0.15) is 0 Å². The molecule has 0 atom stereocenters.